The van der Waals surface area contributed by atoms with Gasteiger partial charge >= 0.3 is 0 Å². The highest BCUT2D eigenvalue weighted by atomic mass is 16.7. The summed E-state index contributed by atoms with van der Waals surface area (Å²) in [7, 11) is 1.95. The van der Waals surface area contributed by atoms with Gasteiger partial charge in [-0.2, -0.15) is 0 Å². The van der Waals surface area contributed by atoms with Crippen LogP contribution < -0.4 is 19.7 Å². The van der Waals surface area contributed by atoms with Crippen molar-refractivity contribution in [3.63, 3.8) is 0 Å². The minimum atomic E-state index is -0.132. The molecule has 0 radical (unpaired) electrons. The van der Waals surface area contributed by atoms with Gasteiger partial charge in [-0.25, -0.2) is 0 Å². The second-order valence-corrected chi connectivity index (χ2v) is 6.15. The van der Waals surface area contributed by atoms with E-state index in [9.17, 15) is 9.59 Å². The summed E-state index contributed by atoms with van der Waals surface area (Å²) >= 11 is 0. The van der Waals surface area contributed by atoms with E-state index in [4.69, 9.17) is 9.47 Å². The molecule has 1 heterocycles. The monoisotopic (exact) mass is 341 g/mol. The van der Waals surface area contributed by atoms with Crippen LogP contribution >= 0.6 is 0 Å². The molecule has 1 amide bonds. The number of likely N-dealkylation sites (N-methyl/N-ethyl adjacent to an activating group) is 1. The quantitative estimate of drug-likeness (QED) is 0.777. The minimum absolute atomic E-state index is 0.0723. The second kappa shape index (κ2) is 7.36. The number of quaternary nitrogens is 1. The molecule has 3 rings (SSSR count). The van der Waals surface area contributed by atoms with Crippen LogP contribution in [0, 0.1) is 0 Å². The van der Waals surface area contributed by atoms with Crippen molar-refractivity contribution in [3.8, 4) is 11.5 Å². The van der Waals surface area contributed by atoms with Crippen LogP contribution in [0.25, 0.3) is 0 Å². The summed E-state index contributed by atoms with van der Waals surface area (Å²) in [6, 6.07) is 12.8. The van der Waals surface area contributed by atoms with E-state index < -0.39 is 0 Å². The smallest absolute Gasteiger partial charge is 0.279 e. The molecule has 0 aromatic heterocycles. The third-order valence-electron chi connectivity index (χ3n) is 3.99. The first-order valence-electron chi connectivity index (χ1n) is 8.12. The summed E-state index contributed by atoms with van der Waals surface area (Å²) in [4.78, 5) is 24.9. The lowest BCUT2D eigenvalue weighted by Crippen LogP contribution is -3.08. The Kier molecular flexibility index (Phi) is 5.00. The predicted molar refractivity (Wildman–Crippen MR) is 93.1 cm³/mol. The van der Waals surface area contributed by atoms with Gasteiger partial charge < -0.3 is 19.7 Å². The topological polar surface area (TPSA) is 69.1 Å². The van der Waals surface area contributed by atoms with Crippen LogP contribution in [0.15, 0.2) is 42.5 Å². The highest BCUT2D eigenvalue weighted by molar-refractivity contribution is 6.03. The number of para-hydroxylation sites is 1. The van der Waals surface area contributed by atoms with Gasteiger partial charge in [-0.3, -0.25) is 9.59 Å². The lowest BCUT2D eigenvalue weighted by molar-refractivity contribution is -0.885. The standard InChI is InChI=1S/C19H20N2O4/c1-13(22)15-5-3-4-6-16(15)20-19(23)11-21(2)10-14-7-8-17-18(9-14)25-12-24-17/h3-9H,10-12H2,1-2H3,(H,20,23)/p+1. The molecule has 0 fully saturated rings. The molecule has 2 aromatic rings. The average molecular weight is 341 g/mol. The first-order chi connectivity index (χ1) is 12.0. The summed E-state index contributed by atoms with van der Waals surface area (Å²) in [5.74, 6) is 1.29. The van der Waals surface area contributed by atoms with Crippen molar-refractivity contribution in [2.75, 3.05) is 25.7 Å². The molecule has 0 saturated heterocycles. The largest absolute Gasteiger partial charge is 0.454 e. The molecule has 1 atom stereocenters. The van der Waals surface area contributed by atoms with Crippen LogP contribution in [0.1, 0.15) is 22.8 Å². The van der Waals surface area contributed by atoms with Crippen LogP contribution in [0.2, 0.25) is 0 Å². The Morgan fingerprint density at radius 2 is 1.88 bits per heavy atom. The van der Waals surface area contributed by atoms with Gasteiger partial charge in [-0.1, -0.05) is 12.1 Å². The Bertz CT molecular complexity index is 804. The van der Waals surface area contributed by atoms with Crippen LogP contribution in [0.3, 0.4) is 0 Å². The first-order valence-corrected chi connectivity index (χ1v) is 8.12. The number of fused-ring (bicyclic) bond motifs is 1. The zero-order chi connectivity index (χ0) is 17.8. The van der Waals surface area contributed by atoms with Gasteiger partial charge in [0.1, 0.15) is 6.54 Å². The average Bonchev–Trinajstić information content (AvgIpc) is 3.02. The fourth-order valence-corrected chi connectivity index (χ4v) is 2.83. The molecule has 2 aromatic carbocycles. The number of anilines is 1. The first kappa shape index (κ1) is 17.0. The molecular formula is C19H21N2O4+. The number of ketones is 1. The highest BCUT2D eigenvalue weighted by Gasteiger charge is 2.17. The van der Waals surface area contributed by atoms with Crippen molar-refractivity contribution in [3.05, 3.63) is 53.6 Å². The molecule has 1 unspecified atom stereocenters. The lowest BCUT2D eigenvalue weighted by Gasteiger charge is -2.15. The van der Waals surface area contributed by atoms with Crippen molar-refractivity contribution in [1.82, 2.24) is 0 Å². The number of nitrogens with one attached hydrogen (secondary N) is 2. The lowest BCUT2D eigenvalue weighted by atomic mass is 10.1. The number of amides is 1. The Labute approximate surface area is 146 Å². The number of Topliss-reactive ketones (excluding diaryl/α,β-unsaturated/α-hetero) is 1. The zero-order valence-electron chi connectivity index (χ0n) is 14.3. The fourth-order valence-electron chi connectivity index (χ4n) is 2.83. The van der Waals surface area contributed by atoms with E-state index in [1.165, 1.54) is 6.92 Å². The maximum atomic E-state index is 12.3. The van der Waals surface area contributed by atoms with Gasteiger partial charge in [0.25, 0.3) is 5.91 Å². The summed E-state index contributed by atoms with van der Waals surface area (Å²) in [6.45, 7) is 2.71. The molecule has 2 N–H and O–H groups in total. The van der Waals surface area contributed by atoms with Crippen LogP contribution in [0.5, 0.6) is 11.5 Å². The zero-order valence-corrected chi connectivity index (χ0v) is 14.3. The van der Waals surface area contributed by atoms with Gasteiger partial charge in [0.05, 0.1) is 12.7 Å². The number of benzene rings is 2. The molecular weight excluding hydrogens is 320 g/mol. The highest BCUT2D eigenvalue weighted by Crippen LogP contribution is 2.32. The molecule has 25 heavy (non-hydrogen) atoms. The molecule has 6 heteroatoms. The molecule has 1 aliphatic heterocycles. The maximum absolute atomic E-state index is 12.3. The molecule has 1 aliphatic rings. The molecule has 6 nitrogen and oxygen atoms in total. The van der Waals surface area contributed by atoms with Gasteiger partial charge in [0.2, 0.25) is 6.79 Å². The van der Waals surface area contributed by atoms with Crippen molar-refractivity contribution in [2.24, 2.45) is 0 Å². The van der Waals surface area contributed by atoms with Gasteiger partial charge in [-0.05, 0) is 37.3 Å². The fraction of sp³-hybridized carbons (Fsp3) is 0.263. The summed E-state index contributed by atoms with van der Waals surface area (Å²) in [5.41, 5.74) is 2.14. The number of ether oxygens (including phenoxy) is 2. The van der Waals surface area contributed by atoms with Crippen molar-refractivity contribution < 1.29 is 24.0 Å². The van der Waals surface area contributed by atoms with Gasteiger partial charge in [0.15, 0.2) is 23.8 Å². The SMILES string of the molecule is CC(=O)c1ccccc1NC(=O)C[NH+](C)Cc1ccc2c(c1)OCO2. The van der Waals surface area contributed by atoms with E-state index in [-0.39, 0.29) is 18.5 Å². The Balaban J connectivity index is 1.59. The van der Waals surface area contributed by atoms with Crippen LogP contribution in [-0.4, -0.2) is 32.1 Å². The maximum Gasteiger partial charge on any atom is 0.279 e. The summed E-state index contributed by atoms with van der Waals surface area (Å²) < 4.78 is 10.7. The Morgan fingerprint density at radius 1 is 1.12 bits per heavy atom. The van der Waals surface area contributed by atoms with Crippen molar-refractivity contribution in [1.29, 1.82) is 0 Å². The van der Waals surface area contributed by atoms with Gasteiger partial charge in [0, 0.05) is 11.1 Å². The third-order valence-corrected chi connectivity index (χ3v) is 3.99. The Morgan fingerprint density at radius 3 is 2.68 bits per heavy atom. The van der Waals surface area contributed by atoms with E-state index in [0.29, 0.717) is 24.3 Å². The summed E-state index contributed by atoms with van der Waals surface area (Å²) in [6.07, 6.45) is 0. The molecule has 130 valence electrons. The number of carbonyl (C=O) groups is 2. The van der Waals surface area contributed by atoms with Crippen molar-refractivity contribution in [2.45, 2.75) is 13.5 Å². The van der Waals surface area contributed by atoms with E-state index in [2.05, 4.69) is 5.32 Å². The normalized spacial score (nSPS) is 13.4. The molecule has 0 saturated carbocycles. The Hall–Kier alpha value is -2.86. The van der Waals surface area contributed by atoms with E-state index in [1.807, 2.05) is 25.2 Å². The minimum Gasteiger partial charge on any atom is -0.454 e. The predicted octanol–water partition coefficient (Wildman–Crippen LogP) is 1.27. The second-order valence-electron chi connectivity index (χ2n) is 6.15. The number of rotatable bonds is 6. The number of hydrogen-bond acceptors (Lipinski definition) is 4. The number of hydrogen-bond donors (Lipinski definition) is 2. The van der Waals surface area contributed by atoms with Gasteiger partial charge in [-0.15, -0.1) is 0 Å². The number of carbonyl (C=O) groups excluding carboxylic acids is 2. The van der Waals surface area contributed by atoms with E-state index in [1.54, 1.807) is 24.3 Å². The van der Waals surface area contributed by atoms with Crippen molar-refractivity contribution >= 4 is 17.4 Å². The van der Waals surface area contributed by atoms with E-state index >= 15 is 0 Å². The molecule has 0 spiro atoms. The molecule has 0 aliphatic carbocycles. The van der Waals surface area contributed by atoms with Crippen LogP contribution in [-0.2, 0) is 11.3 Å². The third kappa shape index (κ3) is 4.16. The van der Waals surface area contributed by atoms with Crippen LogP contribution in [0.4, 0.5) is 5.69 Å². The van der Waals surface area contributed by atoms with E-state index in [0.717, 1.165) is 22.0 Å². The molecule has 0 bridgehead atoms. The summed E-state index contributed by atoms with van der Waals surface area (Å²) in [5, 5.41) is 2.82.